The summed E-state index contributed by atoms with van der Waals surface area (Å²) < 4.78 is 15.2. The lowest BCUT2D eigenvalue weighted by Crippen LogP contribution is -2.35. The van der Waals surface area contributed by atoms with Crippen molar-refractivity contribution in [2.45, 2.75) is 33.6 Å². The van der Waals surface area contributed by atoms with E-state index in [2.05, 4.69) is 0 Å². The molecule has 0 unspecified atom stereocenters. The van der Waals surface area contributed by atoms with Crippen LogP contribution in [0.15, 0.2) is 54.1 Å². The third kappa shape index (κ3) is 9.53. The summed E-state index contributed by atoms with van der Waals surface area (Å²) in [4.78, 5) is 50.6. The van der Waals surface area contributed by atoms with Crippen molar-refractivity contribution in [3.05, 3.63) is 70.8 Å². The molecule has 0 fully saturated rings. The fourth-order valence-corrected chi connectivity index (χ4v) is 3.38. The van der Waals surface area contributed by atoms with Crippen molar-refractivity contribution in [1.29, 1.82) is 5.41 Å². The van der Waals surface area contributed by atoms with Crippen molar-refractivity contribution >= 4 is 35.7 Å². The topological polar surface area (TPSA) is 149 Å². The second-order valence-electron chi connectivity index (χ2n) is 8.18. The summed E-state index contributed by atoms with van der Waals surface area (Å²) in [6.07, 6.45) is 1.66. The molecule has 2 aromatic rings. The predicted octanol–water partition coefficient (Wildman–Crippen LogP) is 3.33. The van der Waals surface area contributed by atoms with Crippen molar-refractivity contribution in [3.8, 4) is 5.75 Å². The van der Waals surface area contributed by atoms with Gasteiger partial charge in [0.2, 0.25) is 5.91 Å². The van der Waals surface area contributed by atoms with E-state index in [1.54, 1.807) is 75.4 Å². The number of hydrogen-bond acceptors (Lipinski definition) is 8. The molecule has 0 aromatic heterocycles. The molecule has 0 bridgehead atoms. The van der Waals surface area contributed by atoms with E-state index in [4.69, 9.17) is 25.4 Å². The van der Waals surface area contributed by atoms with Gasteiger partial charge in [0.1, 0.15) is 11.6 Å². The molecule has 0 saturated carbocycles. The zero-order valence-electron chi connectivity index (χ0n) is 21.8. The van der Waals surface area contributed by atoms with Gasteiger partial charge in [0.15, 0.2) is 0 Å². The number of ether oxygens (including phenoxy) is 3. The summed E-state index contributed by atoms with van der Waals surface area (Å²) >= 11 is 0. The molecule has 202 valence electrons. The number of rotatable bonds is 13. The van der Waals surface area contributed by atoms with Crippen LogP contribution >= 0.6 is 0 Å². The minimum atomic E-state index is -0.562. The van der Waals surface area contributed by atoms with Gasteiger partial charge in [-0.3, -0.25) is 19.8 Å². The van der Waals surface area contributed by atoms with Gasteiger partial charge in [-0.25, -0.2) is 4.79 Å². The number of nitrogens with two attached hydrogens (primary N) is 1. The third-order valence-electron chi connectivity index (χ3n) is 5.31. The van der Waals surface area contributed by atoms with Gasteiger partial charge < -0.3 is 24.8 Å². The van der Waals surface area contributed by atoms with E-state index in [1.807, 2.05) is 0 Å². The van der Waals surface area contributed by atoms with E-state index in [9.17, 15) is 19.2 Å². The average molecular weight is 524 g/mol. The van der Waals surface area contributed by atoms with Gasteiger partial charge in [0.05, 0.1) is 31.6 Å². The molecule has 2 aromatic carbocycles. The van der Waals surface area contributed by atoms with Gasteiger partial charge in [0, 0.05) is 24.2 Å². The Morgan fingerprint density at radius 2 is 1.34 bits per heavy atom. The Balaban J connectivity index is 2.07. The van der Waals surface area contributed by atoms with E-state index < -0.39 is 17.9 Å². The first-order valence-electron chi connectivity index (χ1n) is 12.2. The highest BCUT2D eigenvalue weighted by Gasteiger charge is 2.19. The lowest BCUT2D eigenvalue weighted by Gasteiger charge is -2.22. The maximum atomic E-state index is 13.1. The molecule has 0 heterocycles. The number of nitrogens with one attached hydrogen (secondary N) is 1. The van der Waals surface area contributed by atoms with E-state index in [0.717, 1.165) is 0 Å². The van der Waals surface area contributed by atoms with Crippen LogP contribution in [0.4, 0.5) is 0 Å². The number of nitrogens with zero attached hydrogens (tertiary/aromatic N) is 1. The van der Waals surface area contributed by atoms with Crippen LogP contribution < -0.4 is 10.5 Å². The molecule has 0 saturated heterocycles. The van der Waals surface area contributed by atoms with Gasteiger partial charge in [-0.05, 0) is 68.8 Å². The molecule has 2 rings (SSSR count). The second-order valence-corrected chi connectivity index (χ2v) is 8.18. The zero-order chi connectivity index (χ0) is 28.1. The summed E-state index contributed by atoms with van der Waals surface area (Å²) in [5, 5.41) is 7.41. The van der Waals surface area contributed by atoms with Gasteiger partial charge in [0.25, 0.3) is 0 Å². The molecule has 10 nitrogen and oxygen atoms in total. The zero-order valence-corrected chi connectivity index (χ0v) is 21.8. The molecular formula is C28H33N3O7. The van der Waals surface area contributed by atoms with E-state index in [0.29, 0.717) is 28.0 Å². The van der Waals surface area contributed by atoms with Gasteiger partial charge in [-0.2, -0.15) is 0 Å². The molecule has 1 amide bonds. The number of esters is 3. The van der Waals surface area contributed by atoms with E-state index >= 15 is 0 Å². The largest absolute Gasteiger partial charge is 0.466 e. The lowest BCUT2D eigenvalue weighted by molar-refractivity contribution is -0.144. The first kappa shape index (κ1) is 29.8. The third-order valence-corrected chi connectivity index (χ3v) is 5.31. The summed E-state index contributed by atoms with van der Waals surface area (Å²) in [6, 6.07) is 12.8. The molecule has 0 aliphatic carbocycles. The number of amidine groups is 1. The van der Waals surface area contributed by atoms with Crippen molar-refractivity contribution in [1.82, 2.24) is 4.90 Å². The maximum Gasteiger partial charge on any atom is 0.343 e. The Bertz CT molecular complexity index is 1150. The number of nitrogen functional groups attached to an aromatic ring is 1. The van der Waals surface area contributed by atoms with Crippen molar-refractivity contribution in [3.63, 3.8) is 0 Å². The number of hydrogen-bond donors (Lipinski definition) is 2. The van der Waals surface area contributed by atoms with Crippen LogP contribution in [0.5, 0.6) is 5.75 Å². The SMILES string of the molecule is CCOC(=O)CCN(CCC(=O)OCC)C(=O)/C(C)=C/c1ccc(C(=O)Oc2ccc(C(=N)N)cc2)cc1. The first-order valence-corrected chi connectivity index (χ1v) is 12.2. The predicted molar refractivity (Wildman–Crippen MR) is 142 cm³/mol. The van der Waals surface area contributed by atoms with Crippen LogP contribution in [0, 0.1) is 5.41 Å². The smallest absolute Gasteiger partial charge is 0.343 e. The number of carbonyl (C=O) groups is 4. The molecular weight excluding hydrogens is 490 g/mol. The molecule has 10 heteroatoms. The van der Waals surface area contributed by atoms with Crippen LogP contribution in [-0.4, -0.2) is 60.9 Å². The molecule has 0 radical (unpaired) electrons. The maximum absolute atomic E-state index is 13.1. The summed E-state index contributed by atoms with van der Waals surface area (Å²) in [5.74, 6) is -1.53. The lowest BCUT2D eigenvalue weighted by atomic mass is 10.1. The Morgan fingerprint density at radius 3 is 1.82 bits per heavy atom. The highest BCUT2D eigenvalue weighted by molar-refractivity contribution is 5.98. The Kier molecular flexibility index (Phi) is 11.7. The Morgan fingerprint density at radius 1 is 0.842 bits per heavy atom. The number of amides is 1. The quantitative estimate of drug-likeness (QED) is 0.133. The average Bonchev–Trinajstić information content (AvgIpc) is 2.89. The van der Waals surface area contributed by atoms with Crippen LogP contribution in [-0.2, 0) is 23.9 Å². The molecule has 38 heavy (non-hydrogen) atoms. The van der Waals surface area contributed by atoms with E-state index in [-0.39, 0.29) is 50.9 Å². The summed E-state index contributed by atoms with van der Waals surface area (Å²) in [5.41, 5.74) is 7.32. The Hall–Kier alpha value is -4.47. The molecule has 0 atom stereocenters. The second kappa shape index (κ2) is 14.9. The summed E-state index contributed by atoms with van der Waals surface area (Å²) in [6.45, 7) is 5.71. The Labute approximate surface area is 221 Å². The number of carbonyl (C=O) groups excluding carboxylic acids is 4. The first-order chi connectivity index (χ1) is 18.1. The van der Waals surface area contributed by atoms with Crippen LogP contribution in [0.3, 0.4) is 0 Å². The molecule has 0 aliphatic rings. The normalized spacial score (nSPS) is 10.9. The minimum Gasteiger partial charge on any atom is -0.466 e. The van der Waals surface area contributed by atoms with Gasteiger partial charge in [-0.1, -0.05) is 12.1 Å². The van der Waals surface area contributed by atoms with Crippen LogP contribution in [0.25, 0.3) is 6.08 Å². The van der Waals surface area contributed by atoms with Crippen molar-refractivity contribution in [2.75, 3.05) is 26.3 Å². The fourth-order valence-electron chi connectivity index (χ4n) is 3.38. The van der Waals surface area contributed by atoms with Gasteiger partial charge >= 0.3 is 17.9 Å². The van der Waals surface area contributed by atoms with Crippen LogP contribution in [0.1, 0.15) is 55.1 Å². The van der Waals surface area contributed by atoms with Crippen LogP contribution in [0.2, 0.25) is 0 Å². The van der Waals surface area contributed by atoms with Crippen molar-refractivity contribution in [2.24, 2.45) is 5.73 Å². The van der Waals surface area contributed by atoms with E-state index in [1.165, 1.54) is 4.90 Å². The molecule has 0 spiro atoms. The monoisotopic (exact) mass is 523 g/mol. The van der Waals surface area contributed by atoms with Crippen molar-refractivity contribution < 1.29 is 33.4 Å². The molecule has 3 N–H and O–H groups in total. The summed E-state index contributed by atoms with van der Waals surface area (Å²) in [7, 11) is 0. The highest BCUT2D eigenvalue weighted by atomic mass is 16.5. The highest BCUT2D eigenvalue weighted by Crippen LogP contribution is 2.16. The number of benzene rings is 2. The minimum absolute atomic E-state index is 0.00394. The standard InChI is InChI=1S/C28H33N3O7/c1-4-36-24(32)14-16-31(17-15-25(33)37-5-2)27(34)19(3)18-20-6-8-22(9-7-20)28(35)38-23-12-10-21(11-13-23)26(29)30/h6-13,18H,4-5,14-17H2,1-3H3,(H3,29,30)/b19-18+. The molecule has 0 aliphatic heterocycles. The fraction of sp³-hybridized carbons (Fsp3) is 0.321. The van der Waals surface area contributed by atoms with Gasteiger partial charge in [-0.15, -0.1) is 0 Å².